The van der Waals surface area contributed by atoms with E-state index in [0.29, 0.717) is 23.5 Å². The molecule has 1 aromatic carbocycles. The van der Waals surface area contributed by atoms with Crippen LogP contribution in [0.3, 0.4) is 0 Å². The second-order valence-electron chi connectivity index (χ2n) is 8.31. The third kappa shape index (κ3) is 3.10. The first-order chi connectivity index (χ1) is 12.3. The van der Waals surface area contributed by atoms with Gasteiger partial charge in [0.25, 0.3) is 5.97 Å². The highest BCUT2D eigenvalue weighted by Gasteiger charge is 2.58. The van der Waals surface area contributed by atoms with E-state index in [4.69, 9.17) is 16.3 Å². The molecule has 6 atom stereocenters. The van der Waals surface area contributed by atoms with Crippen molar-refractivity contribution in [3.8, 4) is 18.1 Å². The number of fused-ring (bicyclic) bond motifs is 5. The van der Waals surface area contributed by atoms with E-state index in [9.17, 15) is 10.2 Å². The fraction of sp³-hybridized carbons (Fsp3) is 0.591. The van der Waals surface area contributed by atoms with E-state index >= 15 is 0 Å². The van der Waals surface area contributed by atoms with Crippen molar-refractivity contribution >= 4 is 5.97 Å². The number of rotatable bonds is 0. The van der Waals surface area contributed by atoms with Gasteiger partial charge in [-0.15, -0.1) is 12.3 Å². The van der Waals surface area contributed by atoms with Crippen molar-refractivity contribution < 1.29 is 20.1 Å². The first-order valence-corrected chi connectivity index (χ1v) is 9.43. The number of aliphatic hydroxyl groups is 1. The van der Waals surface area contributed by atoms with Crippen LogP contribution in [-0.4, -0.2) is 27.4 Å². The number of carboxylic acids is 1. The normalized spacial score (nSPS) is 37.2. The number of benzene rings is 1. The molecule has 2 fully saturated rings. The first-order valence-electron chi connectivity index (χ1n) is 9.43. The monoisotopic (exact) mass is 356 g/mol. The van der Waals surface area contributed by atoms with E-state index in [-0.39, 0.29) is 17.4 Å². The Hall–Kier alpha value is -1.99. The smallest absolute Gasteiger partial charge is 0.300 e. The molecule has 26 heavy (non-hydrogen) atoms. The molecule has 4 heteroatoms. The molecule has 0 saturated heterocycles. The number of aliphatic hydroxyl groups excluding tert-OH is 1. The molecular weight excluding hydrogens is 328 g/mol. The van der Waals surface area contributed by atoms with Gasteiger partial charge in [0, 0.05) is 12.8 Å². The van der Waals surface area contributed by atoms with Crippen LogP contribution in [0, 0.1) is 35.5 Å². The Bertz CT molecular complexity index is 730. The molecule has 0 radical (unpaired) electrons. The number of aliphatic carboxylic acids is 1. The van der Waals surface area contributed by atoms with Gasteiger partial charge >= 0.3 is 0 Å². The van der Waals surface area contributed by atoms with E-state index in [2.05, 4.69) is 18.9 Å². The maximum atomic E-state index is 10.6. The lowest BCUT2D eigenvalue weighted by Gasteiger charge is -2.50. The lowest BCUT2D eigenvalue weighted by atomic mass is 9.54. The van der Waals surface area contributed by atoms with Crippen molar-refractivity contribution in [2.45, 2.75) is 58.0 Å². The number of carboxylic acid groups (broad SMARTS) is 1. The van der Waals surface area contributed by atoms with Crippen LogP contribution in [0.5, 0.6) is 5.75 Å². The summed E-state index contributed by atoms with van der Waals surface area (Å²) < 4.78 is 0. The summed E-state index contributed by atoms with van der Waals surface area (Å²) in [6.45, 7) is 3.34. The molecule has 140 valence electrons. The standard InChI is InChI=1S/C20H24O2.C2H4O2/c1-3-12-11-18(22)20(2)9-8-16-15-7-5-14(21)10-13(15)4-6-17(16)19(12)20;1-2(3)4/h1,5,7,10,12,16-19,21-22H,4,6,8-9,11H2,2H3;1H3,(H,3,4)/t12?,16-,17-,18?,19+,20-;/m1./s1. The van der Waals surface area contributed by atoms with Crippen molar-refractivity contribution in [3.05, 3.63) is 29.3 Å². The highest BCUT2D eigenvalue weighted by atomic mass is 16.4. The van der Waals surface area contributed by atoms with Crippen LogP contribution in [0.15, 0.2) is 18.2 Å². The van der Waals surface area contributed by atoms with Crippen molar-refractivity contribution in [2.75, 3.05) is 0 Å². The van der Waals surface area contributed by atoms with Gasteiger partial charge < -0.3 is 15.3 Å². The zero-order valence-corrected chi connectivity index (χ0v) is 15.5. The molecule has 0 spiro atoms. The molecule has 4 rings (SSSR count). The molecule has 0 aliphatic heterocycles. The fourth-order valence-electron chi connectivity index (χ4n) is 5.82. The summed E-state index contributed by atoms with van der Waals surface area (Å²) in [6.07, 6.45) is 10.7. The summed E-state index contributed by atoms with van der Waals surface area (Å²) >= 11 is 0. The Morgan fingerprint density at radius 3 is 2.69 bits per heavy atom. The predicted molar refractivity (Wildman–Crippen MR) is 99.7 cm³/mol. The van der Waals surface area contributed by atoms with Crippen LogP contribution >= 0.6 is 0 Å². The summed E-state index contributed by atoms with van der Waals surface area (Å²) in [5.41, 5.74) is 2.71. The number of aryl methyl sites for hydroxylation is 1. The van der Waals surface area contributed by atoms with Crippen LogP contribution in [0.2, 0.25) is 0 Å². The fourth-order valence-corrected chi connectivity index (χ4v) is 5.82. The van der Waals surface area contributed by atoms with E-state index < -0.39 is 5.97 Å². The maximum Gasteiger partial charge on any atom is 0.300 e. The van der Waals surface area contributed by atoms with Gasteiger partial charge in [0.05, 0.1) is 6.10 Å². The van der Waals surface area contributed by atoms with Gasteiger partial charge in [0.15, 0.2) is 0 Å². The van der Waals surface area contributed by atoms with Crippen molar-refractivity contribution in [1.82, 2.24) is 0 Å². The summed E-state index contributed by atoms with van der Waals surface area (Å²) in [4.78, 5) is 9.00. The van der Waals surface area contributed by atoms with Gasteiger partial charge in [-0.25, -0.2) is 0 Å². The van der Waals surface area contributed by atoms with Crippen LogP contribution in [-0.2, 0) is 11.2 Å². The van der Waals surface area contributed by atoms with Gasteiger partial charge in [-0.2, -0.15) is 0 Å². The zero-order chi connectivity index (χ0) is 19.1. The number of hydrogen-bond donors (Lipinski definition) is 3. The maximum absolute atomic E-state index is 10.6. The number of carbonyl (C=O) groups is 1. The van der Waals surface area contributed by atoms with E-state index in [0.717, 1.165) is 39.0 Å². The van der Waals surface area contributed by atoms with Gasteiger partial charge in [0.2, 0.25) is 0 Å². The Labute approximate surface area is 155 Å². The Morgan fingerprint density at radius 1 is 1.35 bits per heavy atom. The summed E-state index contributed by atoms with van der Waals surface area (Å²) in [6, 6.07) is 5.86. The second kappa shape index (κ2) is 6.96. The van der Waals surface area contributed by atoms with Crippen LogP contribution in [0.25, 0.3) is 0 Å². The minimum atomic E-state index is -0.833. The molecule has 4 nitrogen and oxygen atoms in total. The number of phenolic OH excluding ortho intramolecular Hbond substituents is 1. The Kier molecular flexibility index (Phi) is 5.03. The third-order valence-electron chi connectivity index (χ3n) is 6.89. The Balaban J connectivity index is 0.000000447. The molecule has 3 N–H and O–H groups in total. The number of terminal acetylenes is 1. The molecule has 0 bridgehead atoms. The van der Waals surface area contributed by atoms with Gasteiger partial charge in [-0.1, -0.05) is 13.0 Å². The summed E-state index contributed by atoms with van der Waals surface area (Å²) in [5, 5.41) is 27.7. The number of phenols is 1. The minimum absolute atomic E-state index is 0.00732. The second-order valence-corrected chi connectivity index (χ2v) is 8.31. The van der Waals surface area contributed by atoms with Crippen LogP contribution in [0.4, 0.5) is 0 Å². The lowest BCUT2D eigenvalue weighted by molar-refractivity contribution is -0.134. The Morgan fingerprint density at radius 2 is 2.04 bits per heavy atom. The number of hydrogen-bond acceptors (Lipinski definition) is 3. The molecule has 1 aromatic rings. The van der Waals surface area contributed by atoms with Crippen molar-refractivity contribution in [2.24, 2.45) is 23.2 Å². The SMILES string of the molecule is C#CC1CC(O)[C@@]2(C)CC[C@@H]3c4ccc(O)cc4CC[C@H]3[C@H]12.CC(=O)O. The highest BCUT2D eigenvalue weighted by Crippen LogP contribution is 2.62. The van der Waals surface area contributed by atoms with Crippen LogP contribution < -0.4 is 0 Å². The molecule has 2 unspecified atom stereocenters. The van der Waals surface area contributed by atoms with Crippen molar-refractivity contribution in [3.63, 3.8) is 0 Å². The molecule has 3 aliphatic carbocycles. The lowest BCUT2D eigenvalue weighted by Crippen LogP contribution is -2.45. The number of aromatic hydroxyl groups is 1. The van der Waals surface area contributed by atoms with Gasteiger partial charge in [-0.05, 0) is 78.5 Å². The topological polar surface area (TPSA) is 77.8 Å². The zero-order valence-electron chi connectivity index (χ0n) is 15.5. The molecule has 0 heterocycles. The predicted octanol–water partition coefficient (Wildman–Crippen LogP) is 3.56. The summed E-state index contributed by atoms with van der Waals surface area (Å²) in [5.74, 6) is 4.30. The average Bonchev–Trinajstić information content (AvgIpc) is 2.85. The van der Waals surface area contributed by atoms with Gasteiger partial charge in [0.1, 0.15) is 5.75 Å². The molecule has 0 amide bonds. The molecule has 0 aromatic heterocycles. The molecule has 2 saturated carbocycles. The van der Waals surface area contributed by atoms with Crippen molar-refractivity contribution in [1.29, 1.82) is 0 Å². The van der Waals surface area contributed by atoms with E-state index in [1.54, 1.807) is 0 Å². The first kappa shape index (κ1) is 18.8. The molecule has 3 aliphatic rings. The quantitative estimate of drug-likeness (QED) is 0.621. The van der Waals surface area contributed by atoms with E-state index in [1.807, 2.05) is 12.1 Å². The van der Waals surface area contributed by atoms with Crippen LogP contribution in [0.1, 0.15) is 56.6 Å². The molecular formula is C22H28O4. The minimum Gasteiger partial charge on any atom is -0.508 e. The average molecular weight is 356 g/mol. The third-order valence-corrected chi connectivity index (χ3v) is 6.89. The van der Waals surface area contributed by atoms with E-state index in [1.165, 1.54) is 11.1 Å². The summed E-state index contributed by atoms with van der Waals surface area (Å²) in [7, 11) is 0. The largest absolute Gasteiger partial charge is 0.508 e. The highest BCUT2D eigenvalue weighted by molar-refractivity contribution is 5.62. The van der Waals surface area contributed by atoms with Gasteiger partial charge in [-0.3, -0.25) is 4.79 Å².